The fraction of sp³-hybridized carbons (Fsp3) is 0.733. The Kier molecular flexibility index (Phi) is 3.26. The van der Waals surface area contributed by atoms with Gasteiger partial charge in [0.25, 0.3) is 0 Å². The zero-order chi connectivity index (χ0) is 17.2. The van der Waals surface area contributed by atoms with Crippen LogP contribution in [-0.4, -0.2) is 34.8 Å². The van der Waals surface area contributed by atoms with Crippen molar-refractivity contribution < 1.29 is 27.2 Å². The van der Waals surface area contributed by atoms with Crippen LogP contribution in [0.3, 0.4) is 0 Å². The van der Waals surface area contributed by atoms with Gasteiger partial charge in [0, 0.05) is 24.1 Å². The molecule has 2 unspecified atom stereocenters. The van der Waals surface area contributed by atoms with Crippen LogP contribution < -0.4 is 0 Å². The van der Waals surface area contributed by atoms with Crippen molar-refractivity contribution in [2.24, 2.45) is 5.92 Å². The van der Waals surface area contributed by atoms with Crippen LogP contribution in [0.25, 0.3) is 0 Å². The largest absolute Gasteiger partial charge is 0.452 e. The number of nitrogens with zero attached hydrogens (tertiary/aromatic N) is 2. The van der Waals surface area contributed by atoms with Gasteiger partial charge in [-0.15, -0.1) is 0 Å². The van der Waals surface area contributed by atoms with E-state index in [2.05, 4.69) is 9.68 Å². The summed E-state index contributed by atoms with van der Waals surface area (Å²) in [5.41, 5.74) is -0.787. The van der Waals surface area contributed by atoms with Crippen LogP contribution in [0.4, 0.5) is 18.0 Å². The Labute approximate surface area is 131 Å². The predicted octanol–water partition coefficient (Wildman–Crippen LogP) is 3.51. The second-order valence-electron chi connectivity index (χ2n) is 7.40. The Morgan fingerprint density at radius 3 is 2.57 bits per heavy atom. The molecule has 1 aromatic rings. The molecule has 1 saturated heterocycles. The number of alkyl halides is 3. The lowest BCUT2D eigenvalue weighted by Crippen LogP contribution is -2.37. The molecule has 1 saturated carbocycles. The second-order valence-corrected chi connectivity index (χ2v) is 7.40. The standard InChI is InChI=1S/C15H19F3N2O3/c1-8-10(19-23-11(8)15(16,17)18)14-5-9(14)6-20(7-14)12(21)22-13(2,3)4/h9H,5-7H2,1-4H3. The Hall–Kier alpha value is -1.73. The maximum atomic E-state index is 12.9. The summed E-state index contributed by atoms with van der Waals surface area (Å²) in [4.78, 5) is 13.7. The number of carbonyl (C=O) groups is 1. The summed E-state index contributed by atoms with van der Waals surface area (Å²) >= 11 is 0. The van der Waals surface area contributed by atoms with E-state index in [0.29, 0.717) is 18.8 Å². The van der Waals surface area contributed by atoms with E-state index in [-0.39, 0.29) is 11.5 Å². The summed E-state index contributed by atoms with van der Waals surface area (Å²) in [6.07, 6.45) is -4.28. The molecule has 0 radical (unpaired) electrons. The number of aromatic nitrogens is 1. The van der Waals surface area contributed by atoms with Gasteiger partial charge in [-0.1, -0.05) is 5.16 Å². The first kappa shape index (κ1) is 16.1. The summed E-state index contributed by atoms with van der Waals surface area (Å²) in [5, 5.41) is 3.67. The summed E-state index contributed by atoms with van der Waals surface area (Å²) in [6, 6.07) is 0. The lowest BCUT2D eigenvalue weighted by atomic mass is 9.97. The van der Waals surface area contributed by atoms with E-state index in [9.17, 15) is 18.0 Å². The van der Waals surface area contributed by atoms with Crippen LogP contribution >= 0.6 is 0 Å². The maximum absolute atomic E-state index is 12.9. The molecule has 1 aromatic heterocycles. The van der Waals surface area contributed by atoms with E-state index in [1.54, 1.807) is 25.7 Å². The van der Waals surface area contributed by atoms with Gasteiger partial charge in [-0.2, -0.15) is 13.2 Å². The molecule has 0 bridgehead atoms. The van der Waals surface area contributed by atoms with E-state index in [4.69, 9.17) is 4.74 Å². The Bertz CT molecular complexity index is 647. The molecule has 2 heterocycles. The van der Waals surface area contributed by atoms with E-state index >= 15 is 0 Å². The Morgan fingerprint density at radius 2 is 2.04 bits per heavy atom. The first-order chi connectivity index (χ1) is 10.4. The minimum absolute atomic E-state index is 0.0195. The van der Waals surface area contributed by atoms with Gasteiger partial charge in [-0.25, -0.2) is 4.79 Å². The molecular formula is C15H19F3N2O3. The summed E-state index contributed by atoms with van der Waals surface area (Å²) < 4.78 is 48.4. The second kappa shape index (κ2) is 4.64. The van der Waals surface area contributed by atoms with E-state index in [1.807, 2.05) is 0 Å². The zero-order valence-corrected chi connectivity index (χ0v) is 13.5. The molecule has 1 aliphatic carbocycles. The van der Waals surface area contributed by atoms with Crippen LogP contribution in [0, 0.1) is 12.8 Å². The van der Waals surface area contributed by atoms with Crippen molar-refractivity contribution in [3.8, 4) is 0 Å². The van der Waals surface area contributed by atoms with Gasteiger partial charge in [0.1, 0.15) is 5.60 Å². The number of amides is 1. The van der Waals surface area contributed by atoms with Crippen molar-refractivity contribution in [3.05, 3.63) is 17.0 Å². The summed E-state index contributed by atoms with van der Waals surface area (Å²) in [7, 11) is 0. The highest BCUT2D eigenvalue weighted by atomic mass is 19.4. The minimum atomic E-state index is -4.56. The third kappa shape index (κ3) is 2.68. The number of ether oxygens (including phenoxy) is 1. The summed E-state index contributed by atoms with van der Waals surface area (Å²) in [6.45, 7) is 7.48. The van der Waals surface area contributed by atoms with Crippen molar-refractivity contribution >= 4 is 6.09 Å². The van der Waals surface area contributed by atoms with E-state index in [0.717, 1.165) is 6.42 Å². The fourth-order valence-electron chi connectivity index (χ4n) is 3.38. The molecule has 2 atom stereocenters. The molecule has 1 aliphatic heterocycles. The first-order valence-corrected chi connectivity index (χ1v) is 7.46. The molecule has 8 heteroatoms. The normalized spacial score (nSPS) is 27.1. The molecular weight excluding hydrogens is 313 g/mol. The van der Waals surface area contributed by atoms with Crippen LogP contribution in [0.15, 0.2) is 4.52 Å². The number of fused-ring (bicyclic) bond motifs is 1. The SMILES string of the molecule is Cc1c(C23CC2CN(C(=O)OC(C)(C)C)C3)noc1C(F)(F)F. The van der Waals surface area contributed by atoms with Crippen molar-refractivity contribution in [3.63, 3.8) is 0 Å². The van der Waals surface area contributed by atoms with Gasteiger partial charge in [-0.05, 0) is 40.0 Å². The van der Waals surface area contributed by atoms with Gasteiger partial charge < -0.3 is 14.2 Å². The number of hydrogen-bond acceptors (Lipinski definition) is 4. The van der Waals surface area contributed by atoms with Crippen molar-refractivity contribution in [1.29, 1.82) is 0 Å². The van der Waals surface area contributed by atoms with Crippen molar-refractivity contribution in [2.75, 3.05) is 13.1 Å². The van der Waals surface area contributed by atoms with Crippen molar-refractivity contribution in [2.45, 2.75) is 51.3 Å². The van der Waals surface area contributed by atoms with Crippen LogP contribution in [0.5, 0.6) is 0 Å². The third-order valence-electron chi connectivity index (χ3n) is 4.45. The molecule has 1 amide bonds. The molecule has 128 valence electrons. The van der Waals surface area contributed by atoms with Gasteiger partial charge in [0.2, 0.25) is 5.76 Å². The number of rotatable bonds is 1. The van der Waals surface area contributed by atoms with Crippen LogP contribution in [0.1, 0.15) is 44.2 Å². The van der Waals surface area contributed by atoms with Gasteiger partial charge in [0.05, 0.1) is 5.69 Å². The number of halogens is 3. The average Bonchev–Trinajstić information content (AvgIpc) is 2.75. The molecule has 0 spiro atoms. The zero-order valence-electron chi connectivity index (χ0n) is 13.5. The topological polar surface area (TPSA) is 55.6 Å². The maximum Gasteiger partial charge on any atom is 0.452 e. The molecule has 3 rings (SSSR count). The molecule has 0 aromatic carbocycles. The van der Waals surface area contributed by atoms with Gasteiger partial charge in [-0.3, -0.25) is 0 Å². The highest BCUT2D eigenvalue weighted by Gasteiger charge is 2.65. The Morgan fingerprint density at radius 1 is 1.39 bits per heavy atom. The highest BCUT2D eigenvalue weighted by molar-refractivity contribution is 5.69. The summed E-state index contributed by atoms with van der Waals surface area (Å²) in [5.74, 6) is -0.942. The lowest BCUT2D eigenvalue weighted by Gasteiger charge is -2.26. The van der Waals surface area contributed by atoms with E-state index < -0.39 is 29.0 Å². The van der Waals surface area contributed by atoms with Crippen LogP contribution in [0.2, 0.25) is 0 Å². The van der Waals surface area contributed by atoms with Gasteiger partial charge >= 0.3 is 12.3 Å². The minimum Gasteiger partial charge on any atom is -0.444 e. The first-order valence-electron chi connectivity index (χ1n) is 7.46. The Balaban J connectivity index is 1.79. The average molecular weight is 332 g/mol. The predicted molar refractivity (Wildman–Crippen MR) is 73.8 cm³/mol. The van der Waals surface area contributed by atoms with E-state index in [1.165, 1.54) is 6.92 Å². The number of piperidine rings is 1. The number of carbonyl (C=O) groups excluding carboxylic acids is 1. The van der Waals surface area contributed by atoms with Crippen molar-refractivity contribution in [1.82, 2.24) is 10.1 Å². The fourth-order valence-corrected chi connectivity index (χ4v) is 3.38. The number of hydrogen-bond donors (Lipinski definition) is 0. The number of likely N-dealkylation sites (tertiary alicyclic amines) is 1. The molecule has 0 N–H and O–H groups in total. The third-order valence-corrected chi connectivity index (χ3v) is 4.45. The van der Waals surface area contributed by atoms with Gasteiger partial charge in [0.15, 0.2) is 0 Å². The molecule has 5 nitrogen and oxygen atoms in total. The molecule has 2 aliphatic rings. The quantitative estimate of drug-likeness (QED) is 0.790. The smallest absolute Gasteiger partial charge is 0.444 e. The highest BCUT2D eigenvalue weighted by Crippen LogP contribution is 2.60. The molecule has 2 fully saturated rings. The van der Waals surface area contributed by atoms with Crippen LogP contribution in [-0.2, 0) is 16.3 Å². The molecule has 23 heavy (non-hydrogen) atoms. The lowest BCUT2D eigenvalue weighted by molar-refractivity contribution is -0.156. The monoisotopic (exact) mass is 332 g/mol.